The van der Waals surface area contributed by atoms with Gasteiger partial charge >= 0.3 is 0 Å². The van der Waals surface area contributed by atoms with Crippen LogP contribution in [0.15, 0.2) is 17.2 Å². The Kier molecular flexibility index (Phi) is 4.56. The molecule has 2 N–H and O–H groups in total. The van der Waals surface area contributed by atoms with Gasteiger partial charge in [-0.2, -0.15) is 0 Å². The molecule has 1 aromatic rings. The molecule has 0 aliphatic carbocycles. The third kappa shape index (κ3) is 2.86. The van der Waals surface area contributed by atoms with E-state index in [4.69, 9.17) is 17.3 Å². The molecule has 0 atom stereocenters. The molecule has 0 aromatic carbocycles. The van der Waals surface area contributed by atoms with Crippen LogP contribution in [-0.2, 0) is 4.79 Å². The fourth-order valence-corrected chi connectivity index (χ4v) is 2.46. The number of aromatic nitrogens is 2. The molecule has 4 nitrogen and oxygen atoms in total. The van der Waals surface area contributed by atoms with E-state index >= 15 is 0 Å². The lowest BCUT2D eigenvalue weighted by molar-refractivity contribution is -0.120. The second-order valence-electron chi connectivity index (χ2n) is 3.36. The highest BCUT2D eigenvalue weighted by Crippen LogP contribution is 2.37. The van der Waals surface area contributed by atoms with Gasteiger partial charge in [0.15, 0.2) is 5.15 Å². The average Bonchev–Trinajstić information content (AvgIpc) is 2.28. The summed E-state index contributed by atoms with van der Waals surface area (Å²) in [5.74, 6) is -0.320. The number of hydrogen-bond acceptors (Lipinski definition) is 4. The molecule has 6 heteroatoms. The second kappa shape index (κ2) is 5.50. The zero-order valence-electron chi connectivity index (χ0n) is 9.24. The maximum absolute atomic E-state index is 11.5. The fraction of sp³-hybridized carbons (Fsp3) is 0.500. The smallest absolute Gasteiger partial charge is 0.234 e. The standard InChI is InChI=1S/C10H14ClN3OS/c1-3-10(4-2,9(12)15)16-8-6-5-7(11)13-14-8/h5-6H,3-4H2,1-2H3,(H2,12,15). The molecule has 0 aliphatic heterocycles. The van der Waals surface area contributed by atoms with E-state index in [-0.39, 0.29) is 5.91 Å². The van der Waals surface area contributed by atoms with Crippen molar-refractivity contribution < 1.29 is 4.79 Å². The minimum Gasteiger partial charge on any atom is -0.368 e. The number of halogens is 1. The van der Waals surface area contributed by atoms with Crippen molar-refractivity contribution in [3.05, 3.63) is 17.3 Å². The maximum Gasteiger partial charge on any atom is 0.234 e. The number of rotatable bonds is 5. The molecule has 0 saturated heterocycles. The van der Waals surface area contributed by atoms with Gasteiger partial charge in [0.25, 0.3) is 0 Å². The van der Waals surface area contributed by atoms with Crippen LogP contribution in [0, 0.1) is 0 Å². The molecule has 0 spiro atoms. The summed E-state index contributed by atoms with van der Waals surface area (Å²) in [4.78, 5) is 11.5. The molecule has 0 aliphatic rings. The van der Waals surface area contributed by atoms with Gasteiger partial charge in [-0.15, -0.1) is 10.2 Å². The predicted molar refractivity (Wildman–Crippen MR) is 65.4 cm³/mol. The van der Waals surface area contributed by atoms with Gasteiger partial charge in [0.05, 0.1) is 4.75 Å². The third-order valence-corrected chi connectivity index (χ3v) is 4.30. The van der Waals surface area contributed by atoms with Crippen molar-refractivity contribution in [3.8, 4) is 0 Å². The molecule has 1 aromatic heterocycles. The number of thioether (sulfide) groups is 1. The number of primary amides is 1. The van der Waals surface area contributed by atoms with Crippen LogP contribution < -0.4 is 5.73 Å². The summed E-state index contributed by atoms with van der Waals surface area (Å²) in [5, 5.41) is 8.64. The highest BCUT2D eigenvalue weighted by atomic mass is 35.5. The van der Waals surface area contributed by atoms with Crippen molar-refractivity contribution in [2.75, 3.05) is 0 Å². The van der Waals surface area contributed by atoms with Crippen molar-refractivity contribution in [1.29, 1.82) is 0 Å². The van der Waals surface area contributed by atoms with E-state index in [1.165, 1.54) is 11.8 Å². The average molecular weight is 260 g/mol. The Labute approximate surface area is 104 Å². The Morgan fingerprint density at radius 3 is 2.44 bits per heavy atom. The summed E-state index contributed by atoms with van der Waals surface area (Å²) in [5.41, 5.74) is 5.44. The minimum absolute atomic E-state index is 0.320. The number of nitrogens with two attached hydrogens (primary N) is 1. The zero-order chi connectivity index (χ0) is 12.2. The van der Waals surface area contributed by atoms with E-state index in [0.717, 1.165) is 0 Å². The van der Waals surface area contributed by atoms with Crippen LogP contribution in [0.25, 0.3) is 0 Å². The summed E-state index contributed by atoms with van der Waals surface area (Å²) in [6.45, 7) is 3.87. The van der Waals surface area contributed by atoms with Gasteiger partial charge in [0.2, 0.25) is 5.91 Å². The molecule has 88 valence electrons. The van der Waals surface area contributed by atoms with Crippen LogP contribution in [0.2, 0.25) is 5.15 Å². The molecule has 1 amide bonds. The van der Waals surface area contributed by atoms with E-state index in [1.54, 1.807) is 12.1 Å². The molecule has 1 rings (SSSR count). The number of amides is 1. The highest BCUT2D eigenvalue weighted by molar-refractivity contribution is 8.01. The maximum atomic E-state index is 11.5. The Balaban J connectivity index is 2.91. The quantitative estimate of drug-likeness (QED) is 0.824. The van der Waals surface area contributed by atoms with Gasteiger partial charge in [0.1, 0.15) is 5.03 Å². The lowest BCUT2D eigenvalue weighted by atomic mass is 10.0. The summed E-state index contributed by atoms with van der Waals surface area (Å²) >= 11 is 6.98. The van der Waals surface area contributed by atoms with E-state index in [1.807, 2.05) is 13.8 Å². The SMILES string of the molecule is CCC(CC)(Sc1ccc(Cl)nn1)C(N)=O. The van der Waals surface area contributed by atoms with Crippen LogP contribution >= 0.6 is 23.4 Å². The van der Waals surface area contributed by atoms with Gasteiger partial charge < -0.3 is 5.73 Å². The zero-order valence-corrected chi connectivity index (χ0v) is 10.8. The fourth-order valence-electron chi connectivity index (χ4n) is 1.35. The van der Waals surface area contributed by atoms with Crippen molar-refractivity contribution in [2.24, 2.45) is 5.73 Å². The van der Waals surface area contributed by atoms with Gasteiger partial charge in [-0.1, -0.05) is 37.2 Å². The van der Waals surface area contributed by atoms with Crippen molar-refractivity contribution in [1.82, 2.24) is 10.2 Å². The van der Waals surface area contributed by atoms with Crippen LogP contribution in [0.1, 0.15) is 26.7 Å². The molecular formula is C10H14ClN3OS. The molecule has 0 saturated carbocycles. The van der Waals surface area contributed by atoms with E-state index in [0.29, 0.717) is 23.0 Å². The number of hydrogen-bond donors (Lipinski definition) is 1. The Morgan fingerprint density at radius 1 is 1.44 bits per heavy atom. The largest absolute Gasteiger partial charge is 0.368 e. The summed E-state index contributed by atoms with van der Waals surface area (Å²) in [7, 11) is 0. The first-order valence-electron chi connectivity index (χ1n) is 5.02. The van der Waals surface area contributed by atoms with Crippen molar-refractivity contribution in [3.63, 3.8) is 0 Å². The molecule has 0 bridgehead atoms. The van der Waals surface area contributed by atoms with Crippen LogP contribution in [0.4, 0.5) is 0 Å². The minimum atomic E-state index is -0.609. The second-order valence-corrected chi connectivity index (χ2v) is 5.15. The Bertz CT molecular complexity index is 365. The lowest BCUT2D eigenvalue weighted by Gasteiger charge is -2.26. The van der Waals surface area contributed by atoms with Crippen LogP contribution in [0.5, 0.6) is 0 Å². The number of carbonyl (C=O) groups is 1. The van der Waals surface area contributed by atoms with E-state index in [9.17, 15) is 4.79 Å². The third-order valence-electron chi connectivity index (χ3n) is 2.50. The first-order valence-corrected chi connectivity index (χ1v) is 6.21. The lowest BCUT2D eigenvalue weighted by Crippen LogP contribution is -2.39. The Morgan fingerprint density at radius 2 is 2.06 bits per heavy atom. The number of carbonyl (C=O) groups excluding carboxylic acids is 1. The predicted octanol–water partition coefficient (Wildman–Crippen LogP) is 2.27. The monoisotopic (exact) mass is 259 g/mol. The first kappa shape index (κ1) is 13.3. The molecule has 0 fully saturated rings. The van der Waals surface area contributed by atoms with Crippen LogP contribution in [0.3, 0.4) is 0 Å². The van der Waals surface area contributed by atoms with E-state index < -0.39 is 4.75 Å². The molecule has 0 unspecified atom stereocenters. The summed E-state index contributed by atoms with van der Waals surface area (Å²) < 4.78 is -0.609. The van der Waals surface area contributed by atoms with Gasteiger partial charge in [0, 0.05) is 0 Å². The van der Waals surface area contributed by atoms with Gasteiger partial charge in [-0.25, -0.2) is 0 Å². The Hall–Kier alpha value is -0.810. The first-order chi connectivity index (χ1) is 7.54. The summed E-state index contributed by atoms with van der Waals surface area (Å²) in [6, 6.07) is 3.39. The molecule has 0 radical (unpaired) electrons. The van der Waals surface area contributed by atoms with Crippen molar-refractivity contribution in [2.45, 2.75) is 36.5 Å². The molecule has 1 heterocycles. The van der Waals surface area contributed by atoms with E-state index in [2.05, 4.69) is 10.2 Å². The highest BCUT2D eigenvalue weighted by Gasteiger charge is 2.34. The molecule has 16 heavy (non-hydrogen) atoms. The van der Waals surface area contributed by atoms with Crippen LogP contribution in [-0.4, -0.2) is 20.9 Å². The molecular weight excluding hydrogens is 246 g/mol. The van der Waals surface area contributed by atoms with Gasteiger partial charge in [-0.05, 0) is 25.0 Å². The summed E-state index contributed by atoms with van der Waals surface area (Å²) in [6.07, 6.45) is 1.32. The normalized spacial score (nSPS) is 11.4. The topological polar surface area (TPSA) is 68.9 Å². The van der Waals surface area contributed by atoms with Crippen molar-refractivity contribution >= 4 is 29.3 Å². The van der Waals surface area contributed by atoms with Gasteiger partial charge in [-0.3, -0.25) is 4.79 Å². The number of nitrogens with zero attached hydrogens (tertiary/aromatic N) is 2.